The number of hydrogen-bond acceptors (Lipinski definition) is 6. The van der Waals surface area contributed by atoms with Crippen molar-refractivity contribution in [2.45, 2.75) is 6.92 Å². The van der Waals surface area contributed by atoms with Crippen molar-refractivity contribution >= 4 is 28.7 Å². The van der Waals surface area contributed by atoms with E-state index in [0.717, 1.165) is 17.4 Å². The van der Waals surface area contributed by atoms with Crippen LogP contribution in [0.3, 0.4) is 0 Å². The number of amides is 1. The van der Waals surface area contributed by atoms with Gasteiger partial charge in [0, 0.05) is 6.07 Å². The minimum Gasteiger partial charge on any atom is -0.439 e. The van der Waals surface area contributed by atoms with E-state index in [0.29, 0.717) is 0 Å². The van der Waals surface area contributed by atoms with Crippen LogP contribution >= 0.6 is 11.3 Å². The highest BCUT2D eigenvalue weighted by Crippen LogP contribution is 2.40. The normalized spacial score (nSPS) is 10.1. The third kappa shape index (κ3) is 3.06. The molecule has 2 aromatic rings. The molecule has 108 valence electrons. The molecule has 0 radical (unpaired) electrons. The second-order valence-corrected chi connectivity index (χ2v) is 5.07. The number of nitro groups is 1. The molecule has 1 aromatic carbocycles. The number of nitrogens with two attached hydrogens (primary N) is 1. The fourth-order valence-corrected chi connectivity index (χ4v) is 2.48. The first kappa shape index (κ1) is 14.7. The molecule has 1 heterocycles. The molecule has 2 N–H and O–H groups in total. The Morgan fingerprint density at radius 3 is 2.57 bits per heavy atom. The Labute approximate surface area is 123 Å². The Hall–Kier alpha value is -2.74. The quantitative estimate of drug-likeness (QED) is 0.518. The van der Waals surface area contributed by atoms with E-state index < -0.39 is 10.8 Å². The van der Waals surface area contributed by atoms with Crippen molar-refractivity contribution < 1.29 is 19.2 Å². The predicted octanol–water partition coefficient (Wildman–Crippen LogP) is 2.75. The molecule has 0 atom stereocenters. The fourth-order valence-electron chi connectivity index (χ4n) is 1.60. The predicted molar refractivity (Wildman–Crippen MR) is 76.0 cm³/mol. The monoisotopic (exact) mass is 306 g/mol. The molecule has 1 aromatic heterocycles. The average Bonchev–Trinajstić information content (AvgIpc) is 2.83. The number of Topliss-reactive ketones (excluding diaryl/α,β-unsaturated/α-hetero) is 1. The molecule has 1 amide bonds. The van der Waals surface area contributed by atoms with E-state index >= 15 is 0 Å². The van der Waals surface area contributed by atoms with Crippen LogP contribution in [0.2, 0.25) is 0 Å². The first-order valence-corrected chi connectivity index (χ1v) is 6.57. The third-order valence-electron chi connectivity index (χ3n) is 2.58. The van der Waals surface area contributed by atoms with Gasteiger partial charge < -0.3 is 10.5 Å². The molecule has 0 unspecified atom stereocenters. The Morgan fingerprint density at radius 2 is 2.00 bits per heavy atom. The summed E-state index contributed by atoms with van der Waals surface area (Å²) in [5.41, 5.74) is 4.99. The van der Waals surface area contributed by atoms with Crippen molar-refractivity contribution in [1.82, 2.24) is 0 Å². The zero-order chi connectivity index (χ0) is 15.6. The van der Waals surface area contributed by atoms with Gasteiger partial charge in [-0.2, -0.15) is 0 Å². The summed E-state index contributed by atoms with van der Waals surface area (Å²) < 4.78 is 5.42. The second kappa shape index (κ2) is 5.71. The molecule has 21 heavy (non-hydrogen) atoms. The molecule has 0 aliphatic rings. The molecule has 2 rings (SSSR count). The van der Waals surface area contributed by atoms with Gasteiger partial charge in [0.15, 0.2) is 5.78 Å². The molecule has 8 heteroatoms. The van der Waals surface area contributed by atoms with Gasteiger partial charge in [0.2, 0.25) is 0 Å². The number of benzene rings is 1. The maximum absolute atomic E-state index is 11.3. The number of hydrogen-bond donors (Lipinski definition) is 1. The minimum absolute atomic E-state index is 0.0705. The van der Waals surface area contributed by atoms with E-state index in [1.807, 2.05) is 0 Å². The van der Waals surface area contributed by atoms with Crippen LogP contribution in [-0.2, 0) is 0 Å². The number of carbonyl (C=O) groups excluding carboxylic acids is 2. The van der Waals surface area contributed by atoms with Crippen LogP contribution < -0.4 is 10.5 Å². The van der Waals surface area contributed by atoms with Crippen LogP contribution in [0, 0.1) is 10.1 Å². The summed E-state index contributed by atoms with van der Waals surface area (Å²) in [5, 5.41) is 10.9. The van der Waals surface area contributed by atoms with E-state index in [4.69, 9.17) is 10.5 Å². The van der Waals surface area contributed by atoms with Crippen LogP contribution in [0.4, 0.5) is 5.69 Å². The Balaban J connectivity index is 2.46. The largest absolute Gasteiger partial charge is 0.439 e. The van der Waals surface area contributed by atoms with Gasteiger partial charge >= 0.3 is 5.69 Å². The second-order valence-electron chi connectivity index (χ2n) is 4.06. The lowest BCUT2D eigenvalue weighted by Gasteiger charge is -2.06. The number of carbonyl (C=O) groups is 2. The molecule has 0 aliphatic carbocycles. The Morgan fingerprint density at radius 1 is 1.33 bits per heavy atom. The number of ketones is 1. The zero-order valence-corrected chi connectivity index (χ0v) is 11.7. The summed E-state index contributed by atoms with van der Waals surface area (Å²) in [7, 11) is 0. The number of ether oxygens (including phenoxy) is 1. The molecular formula is C13H10N2O5S. The summed E-state index contributed by atoms with van der Waals surface area (Å²) in [4.78, 5) is 33.2. The first-order chi connectivity index (χ1) is 9.90. The van der Waals surface area contributed by atoms with Gasteiger partial charge in [-0.15, -0.1) is 0 Å². The molecule has 0 saturated carbocycles. The number of rotatable bonds is 5. The van der Waals surface area contributed by atoms with Gasteiger partial charge in [-0.05, 0) is 19.1 Å². The van der Waals surface area contributed by atoms with Gasteiger partial charge in [0.05, 0.1) is 15.4 Å². The van der Waals surface area contributed by atoms with Gasteiger partial charge in [-0.25, -0.2) is 0 Å². The van der Waals surface area contributed by atoms with Crippen LogP contribution in [0.25, 0.3) is 0 Å². The van der Waals surface area contributed by atoms with Crippen molar-refractivity contribution in [3.63, 3.8) is 0 Å². The SMILES string of the molecule is CC(=O)c1cc([N+](=O)[O-])c(Oc2ccccc2C(N)=O)s1. The zero-order valence-electron chi connectivity index (χ0n) is 10.9. The van der Waals surface area contributed by atoms with Crippen LogP contribution in [0.5, 0.6) is 10.8 Å². The molecule has 0 aliphatic heterocycles. The number of primary amides is 1. The maximum atomic E-state index is 11.3. The topological polar surface area (TPSA) is 113 Å². The lowest BCUT2D eigenvalue weighted by atomic mass is 10.2. The van der Waals surface area contributed by atoms with E-state index in [1.165, 1.54) is 19.1 Å². The molecule has 7 nitrogen and oxygen atoms in total. The average molecular weight is 306 g/mol. The Bertz CT molecular complexity index is 738. The van der Waals surface area contributed by atoms with E-state index in [2.05, 4.69) is 0 Å². The summed E-state index contributed by atoms with van der Waals surface area (Å²) in [6.07, 6.45) is 0. The molecule has 0 fully saturated rings. The molecular weight excluding hydrogens is 296 g/mol. The van der Waals surface area contributed by atoms with E-state index in [1.54, 1.807) is 12.1 Å². The highest BCUT2D eigenvalue weighted by Gasteiger charge is 2.24. The van der Waals surface area contributed by atoms with Crippen LogP contribution in [0.15, 0.2) is 30.3 Å². The molecule has 0 saturated heterocycles. The smallest absolute Gasteiger partial charge is 0.323 e. The Kier molecular flexibility index (Phi) is 3.99. The standard InChI is InChI=1S/C13H10N2O5S/c1-7(16)11-6-9(15(18)19)13(21-11)20-10-5-3-2-4-8(10)12(14)17/h2-6H,1H3,(H2,14,17). The van der Waals surface area contributed by atoms with Gasteiger partial charge in [-0.1, -0.05) is 23.5 Å². The molecule has 0 spiro atoms. The summed E-state index contributed by atoms with van der Waals surface area (Å²) in [5.74, 6) is -0.914. The number of nitrogens with zero attached hydrogens (tertiary/aromatic N) is 1. The summed E-state index contributed by atoms with van der Waals surface area (Å²) in [6, 6.07) is 7.26. The minimum atomic E-state index is -0.711. The van der Waals surface area contributed by atoms with Gasteiger partial charge in [0.1, 0.15) is 5.75 Å². The van der Waals surface area contributed by atoms with Crippen LogP contribution in [-0.4, -0.2) is 16.6 Å². The summed E-state index contributed by atoms with van der Waals surface area (Å²) in [6.45, 7) is 1.30. The van der Waals surface area contributed by atoms with Crippen molar-refractivity contribution in [3.8, 4) is 10.8 Å². The number of para-hydroxylation sites is 1. The highest BCUT2D eigenvalue weighted by molar-refractivity contribution is 7.16. The van der Waals surface area contributed by atoms with E-state index in [-0.39, 0.29) is 32.7 Å². The summed E-state index contributed by atoms with van der Waals surface area (Å²) >= 11 is 0.846. The van der Waals surface area contributed by atoms with Crippen LogP contribution in [0.1, 0.15) is 27.0 Å². The van der Waals surface area contributed by atoms with Crippen molar-refractivity contribution in [2.24, 2.45) is 5.73 Å². The first-order valence-electron chi connectivity index (χ1n) is 5.76. The molecule has 0 bridgehead atoms. The number of thiophene rings is 1. The van der Waals surface area contributed by atoms with E-state index in [9.17, 15) is 19.7 Å². The van der Waals surface area contributed by atoms with Crippen molar-refractivity contribution in [1.29, 1.82) is 0 Å². The third-order valence-corrected chi connectivity index (χ3v) is 3.68. The van der Waals surface area contributed by atoms with Crippen molar-refractivity contribution in [2.75, 3.05) is 0 Å². The highest BCUT2D eigenvalue weighted by atomic mass is 32.1. The van der Waals surface area contributed by atoms with Gasteiger partial charge in [-0.3, -0.25) is 19.7 Å². The lowest BCUT2D eigenvalue weighted by molar-refractivity contribution is -0.385. The fraction of sp³-hybridized carbons (Fsp3) is 0.0769. The van der Waals surface area contributed by atoms with Crippen molar-refractivity contribution in [3.05, 3.63) is 50.9 Å². The lowest BCUT2D eigenvalue weighted by Crippen LogP contribution is -2.11. The maximum Gasteiger partial charge on any atom is 0.323 e. The van der Waals surface area contributed by atoms with Gasteiger partial charge in [0.25, 0.3) is 11.0 Å².